The minimum Gasteiger partial charge on any atom is -0.481 e. The Kier molecular flexibility index (Phi) is 10.9. The van der Waals surface area contributed by atoms with Crippen molar-refractivity contribution in [1.82, 2.24) is 14.8 Å². The molecule has 1 saturated heterocycles. The highest BCUT2D eigenvalue weighted by Crippen LogP contribution is 2.33. The highest BCUT2D eigenvalue weighted by atomic mass is 19.1. The van der Waals surface area contributed by atoms with Crippen molar-refractivity contribution >= 4 is 11.9 Å². The van der Waals surface area contributed by atoms with E-state index in [1.165, 1.54) is 6.20 Å². The zero-order valence-electron chi connectivity index (χ0n) is 26.5. The molecule has 242 valence electrons. The molecule has 2 heterocycles. The van der Waals surface area contributed by atoms with Gasteiger partial charge in [0.15, 0.2) is 5.82 Å². The molecule has 3 atom stereocenters. The maximum absolute atomic E-state index is 15.7. The number of likely N-dealkylation sites (tertiary alicyclic amines) is 1. The van der Waals surface area contributed by atoms with Gasteiger partial charge in [-0.1, -0.05) is 32.0 Å². The lowest BCUT2D eigenvalue weighted by molar-refractivity contribution is -0.138. The van der Waals surface area contributed by atoms with Crippen LogP contribution in [0.4, 0.5) is 13.2 Å². The number of hydrogen-bond acceptors (Lipinski definition) is 4. The van der Waals surface area contributed by atoms with Crippen LogP contribution < -0.4 is 10.9 Å². The first kappa shape index (κ1) is 34.0. The van der Waals surface area contributed by atoms with Crippen molar-refractivity contribution in [2.75, 3.05) is 19.6 Å². The van der Waals surface area contributed by atoms with Gasteiger partial charge in [0, 0.05) is 31.4 Å². The van der Waals surface area contributed by atoms with E-state index in [1.807, 2.05) is 50.8 Å². The number of carbonyl (C=O) groups is 2. The predicted molar refractivity (Wildman–Crippen MR) is 168 cm³/mol. The fraction of sp³-hybridized carbons (Fsp3) is 0.457. The highest BCUT2D eigenvalue weighted by Gasteiger charge is 2.30. The van der Waals surface area contributed by atoms with Gasteiger partial charge in [0.05, 0.1) is 12.5 Å². The SMILES string of the molecule is Cc1cc(-c2c(C)cccc2C)cc([C@H](CC(=O)O)NC(=O)[C@H](CC(C)C)n2cc(CCN3CC[C@@H](F)C3)cc(F)c2=O)c1F. The molecular weight excluding hydrogens is 583 g/mol. The van der Waals surface area contributed by atoms with Crippen molar-refractivity contribution in [3.05, 3.63) is 92.4 Å². The minimum atomic E-state index is -1.26. The third-order valence-electron chi connectivity index (χ3n) is 8.44. The summed E-state index contributed by atoms with van der Waals surface area (Å²) in [5, 5.41) is 12.5. The average Bonchev–Trinajstić information content (AvgIpc) is 3.38. The summed E-state index contributed by atoms with van der Waals surface area (Å²) < 4.78 is 45.4. The number of carboxylic acid groups (broad SMARTS) is 1. The van der Waals surface area contributed by atoms with Gasteiger partial charge in [0.1, 0.15) is 18.0 Å². The molecule has 7 nitrogen and oxygen atoms in total. The molecule has 0 radical (unpaired) electrons. The fourth-order valence-electron chi connectivity index (χ4n) is 6.21. The largest absolute Gasteiger partial charge is 0.481 e. The molecule has 1 aliphatic rings. The van der Waals surface area contributed by atoms with E-state index in [2.05, 4.69) is 5.32 Å². The van der Waals surface area contributed by atoms with Crippen molar-refractivity contribution in [3.8, 4) is 11.1 Å². The van der Waals surface area contributed by atoms with Crippen molar-refractivity contribution in [3.63, 3.8) is 0 Å². The van der Waals surface area contributed by atoms with Crippen LogP contribution in [0.1, 0.15) is 73.0 Å². The van der Waals surface area contributed by atoms with Gasteiger partial charge in [-0.05, 0) is 97.5 Å². The number of nitrogens with zero attached hydrogens (tertiary/aromatic N) is 2. The summed E-state index contributed by atoms with van der Waals surface area (Å²) >= 11 is 0. The van der Waals surface area contributed by atoms with Crippen LogP contribution in [0.25, 0.3) is 11.1 Å². The predicted octanol–water partition coefficient (Wildman–Crippen LogP) is 6.22. The Morgan fingerprint density at radius 2 is 1.76 bits per heavy atom. The van der Waals surface area contributed by atoms with Crippen LogP contribution >= 0.6 is 0 Å². The number of pyridine rings is 1. The van der Waals surface area contributed by atoms with Crippen LogP contribution in [-0.2, 0) is 16.0 Å². The number of aliphatic carboxylic acids is 1. The quantitative estimate of drug-likeness (QED) is 0.249. The lowest BCUT2D eigenvalue weighted by Gasteiger charge is -2.26. The van der Waals surface area contributed by atoms with E-state index >= 15 is 4.39 Å². The number of hydrogen-bond donors (Lipinski definition) is 2. The van der Waals surface area contributed by atoms with E-state index in [-0.39, 0.29) is 23.5 Å². The molecule has 0 saturated carbocycles. The average molecular weight is 626 g/mol. The van der Waals surface area contributed by atoms with Crippen LogP contribution in [0, 0.1) is 38.3 Å². The van der Waals surface area contributed by atoms with E-state index in [0.29, 0.717) is 43.6 Å². The van der Waals surface area contributed by atoms with Crippen molar-refractivity contribution < 1.29 is 27.9 Å². The maximum atomic E-state index is 15.7. The molecule has 1 fully saturated rings. The van der Waals surface area contributed by atoms with Crippen LogP contribution in [-0.4, -0.2) is 52.3 Å². The minimum absolute atomic E-state index is 0.00996. The number of rotatable bonds is 12. The van der Waals surface area contributed by atoms with Crippen LogP contribution in [0.3, 0.4) is 0 Å². The second-order valence-corrected chi connectivity index (χ2v) is 12.6. The van der Waals surface area contributed by atoms with E-state index < -0.39 is 53.7 Å². The molecular formula is C35H42F3N3O4. The van der Waals surface area contributed by atoms with Gasteiger partial charge in [0.25, 0.3) is 5.56 Å². The van der Waals surface area contributed by atoms with Crippen molar-refractivity contribution in [1.29, 1.82) is 0 Å². The Morgan fingerprint density at radius 3 is 2.36 bits per heavy atom. The summed E-state index contributed by atoms with van der Waals surface area (Å²) in [7, 11) is 0. The second-order valence-electron chi connectivity index (χ2n) is 12.6. The molecule has 4 rings (SSSR count). The van der Waals surface area contributed by atoms with Gasteiger partial charge in [0.2, 0.25) is 5.91 Å². The molecule has 1 aromatic heterocycles. The number of nitrogens with one attached hydrogen (secondary N) is 1. The first-order chi connectivity index (χ1) is 21.2. The number of halogens is 3. The molecule has 0 aliphatic carbocycles. The lowest BCUT2D eigenvalue weighted by Crippen LogP contribution is -2.41. The molecule has 10 heteroatoms. The van der Waals surface area contributed by atoms with E-state index in [9.17, 15) is 28.3 Å². The third kappa shape index (κ3) is 8.22. The Morgan fingerprint density at radius 1 is 1.07 bits per heavy atom. The van der Waals surface area contributed by atoms with Crippen LogP contribution in [0.15, 0.2) is 47.4 Å². The molecule has 45 heavy (non-hydrogen) atoms. The molecule has 1 amide bonds. The van der Waals surface area contributed by atoms with E-state index in [4.69, 9.17) is 0 Å². The summed E-state index contributed by atoms with van der Waals surface area (Å²) in [4.78, 5) is 40.9. The molecule has 2 N–H and O–H groups in total. The standard InChI is InChI=1S/C35H42F3N3O4/c1-20(2)13-30(41-18-24(15-28(37)35(41)45)9-11-40-12-10-26(36)19-40)34(44)39-29(17-31(42)43)27-16-25(14-23(5)33(27)38)32-21(3)7-6-8-22(32)4/h6-8,14-16,18,20,26,29-30H,9-13,17,19H2,1-5H3,(H,39,44)(H,42,43)/t26-,29+,30+/m1/s1. The number of aryl methyl sites for hydroxylation is 3. The van der Waals surface area contributed by atoms with Gasteiger partial charge >= 0.3 is 5.97 Å². The second kappa shape index (κ2) is 14.5. The first-order valence-electron chi connectivity index (χ1n) is 15.4. The van der Waals surface area contributed by atoms with E-state index in [0.717, 1.165) is 27.3 Å². The normalized spacial score (nSPS) is 16.6. The third-order valence-corrected chi connectivity index (χ3v) is 8.44. The summed E-state index contributed by atoms with van der Waals surface area (Å²) in [6, 6.07) is 7.73. The number of benzene rings is 2. The number of amides is 1. The lowest BCUT2D eigenvalue weighted by atomic mass is 9.90. The zero-order valence-corrected chi connectivity index (χ0v) is 26.5. The van der Waals surface area contributed by atoms with Crippen LogP contribution in [0.2, 0.25) is 0 Å². The molecule has 2 aromatic carbocycles. The molecule has 0 bridgehead atoms. The number of carbonyl (C=O) groups excluding carboxylic acids is 1. The Bertz CT molecular complexity index is 1600. The highest BCUT2D eigenvalue weighted by molar-refractivity contribution is 5.82. The molecule has 0 spiro atoms. The summed E-state index contributed by atoms with van der Waals surface area (Å²) in [5.41, 5.74) is 3.27. The smallest absolute Gasteiger partial charge is 0.305 e. The van der Waals surface area contributed by atoms with Crippen molar-refractivity contribution in [2.24, 2.45) is 5.92 Å². The molecule has 0 unspecified atom stereocenters. The topological polar surface area (TPSA) is 91.6 Å². The fourth-order valence-corrected chi connectivity index (χ4v) is 6.21. The Balaban J connectivity index is 1.71. The number of alkyl halides is 1. The zero-order chi connectivity index (χ0) is 33.0. The van der Waals surface area contributed by atoms with Gasteiger partial charge < -0.3 is 19.9 Å². The van der Waals surface area contributed by atoms with Gasteiger partial charge in [-0.3, -0.25) is 14.4 Å². The summed E-state index contributed by atoms with van der Waals surface area (Å²) in [5.74, 6) is -3.74. The van der Waals surface area contributed by atoms with Gasteiger partial charge in [-0.25, -0.2) is 13.2 Å². The number of carboxylic acids is 1. The molecule has 1 aliphatic heterocycles. The van der Waals surface area contributed by atoms with Gasteiger partial charge in [-0.15, -0.1) is 0 Å². The maximum Gasteiger partial charge on any atom is 0.305 e. The Labute approximate surface area is 262 Å². The first-order valence-corrected chi connectivity index (χ1v) is 15.4. The number of aromatic nitrogens is 1. The molecule has 3 aromatic rings. The van der Waals surface area contributed by atoms with Crippen molar-refractivity contribution in [2.45, 2.75) is 78.6 Å². The van der Waals surface area contributed by atoms with Crippen LogP contribution in [0.5, 0.6) is 0 Å². The Hall–Kier alpha value is -3.92. The monoisotopic (exact) mass is 625 g/mol. The van der Waals surface area contributed by atoms with Gasteiger partial charge in [-0.2, -0.15) is 0 Å². The van der Waals surface area contributed by atoms with E-state index in [1.54, 1.807) is 19.1 Å². The summed E-state index contributed by atoms with van der Waals surface area (Å²) in [6.07, 6.45) is 0.866. The summed E-state index contributed by atoms with van der Waals surface area (Å²) in [6.45, 7) is 10.5.